The molecule has 25 heavy (non-hydrogen) atoms. The molecule has 0 fully saturated rings. The van der Waals surface area contributed by atoms with Gasteiger partial charge in [-0.25, -0.2) is 4.79 Å². The molecule has 0 radical (unpaired) electrons. The molecule has 130 valence electrons. The minimum Gasteiger partial charge on any atom is -0.463 e. The zero-order chi connectivity index (χ0) is 18.0. The van der Waals surface area contributed by atoms with E-state index in [1.54, 1.807) is 13.8 Å². The minimum atomic E-state index is -0.489. The van der Waals surface area contributed by atoms with Crippen LogP contribution in [0, 0.1) is 0 Å². The van der Waals surface area contributed by atoms with Crippen molar-refractivity contribution in [3.63, 3.8) is 0 Å². The monoisotopic (exact) mass is 420 g/mol. The summed E-state index contributed by atoms with van der Waals surface area (Å²) >= 11 is 8.64. The van der Waals surface area contributed by atoms with E-state index in [0.29, 0.717) is 28.7 Å². The smallest absolute Gasteiger partial charge is 0.338 e. The number of esters is 1. The van der Waals surface area contributed by atoms with Crippen LogP contribution in [0.15, 0.2) is 56.6 Å². The van der Waals surface area contributed by atoms with E-state index in [1.807, 2.05) is 36.4 Å². The van der Waals surface area contributed by atoms with Crippen molar-refractivity contribution in [2.45, 2.75) is 19.9 Å². The molecule has 5 nitrogen and oxygen atoms in total. The number of ether oxygens (including phenoxy) is 1. The average Bonchev–Trinajstić information content (AvgIpc) is 3.04. The third kappa shape index (κ3) is 3.77. The number of furan rings is 1. The SMILES string of the molecule is CCOC(=O)C1=C(C)NC(=S)N[C@H]1c1ccc(-c2ccc(Br)cc2)o1. The maximum Gasteiger partial charge on any atom is 0.338 e. The number of allylic oxidation sites excluding steroid dienone is 1. The molecule has 0 spiro atoms. The van der Waals surface area contributed by atoms with Gasteiger partial charge in [-0.2, -0.15) is 0 Å². The fourth-order valence-corrected chi connectivity index (χ4v) is 3.20. The van der Waals surface area contributed by atoms with E-state index in [-0.39, 0.29) is 0 Å². The number of nitrogens with one attached hydrogen (secondary N) is 2. The minimum absolute atomic E-state index is 0.301. The van der Waals surface area contributed by atoms with Crippen molar-refractivity contribution in [2.24, 2.45) is 0 Å². The Morgan fingerprint density at radius 3 is 2.68 bits per heavy atom. The molecular weight excluding hydrogens is 404 g/mol. The van der Waals surface area contributed by atoms with Crippen LogP contribution in [0.4, 0.5) is 0 Å². The van der Waals surface area contributed by atoms with Gasteiger partial charge in [0.25, 0.3) is 0 Å². The molecular formula is C18H17BrN2O3S. The highest BCUT2D eigenvalue weighted by molar-refractivity contribution is 9.10. The van der Waals surface area contributed by atoms with Crippen molar-refractivity contribution in [3.05, 3.63) is 57.9 Å². The lowest BCUT2D eigenvalue weighted by atomic mass is 10.0. The van der Waals surface area contributed by atoms with E-state index >= 15 is 0 Å². The summed E-state index contributed by atoms with van der Waals surface area (Å²) < 4.78 is 12.2. The van der Waals surface area contributed by atoms with Gasteiger partial charge < -0.3 is 19.8 Å². The first-order valence-electron chi connectivity index (χ1n) is 7.80. The van der Waals surface area contributed by atoms with Gasteiger partial charge in [0.2, 0.25) is 0 Å². The topological polar surface area (TPSA) is 63.5 Å². The summed E-state index contributed by atoms with van der Waals surface area (Å²) in [5.74, 6) is 0.924. The number of hydrogen-bond donors (Lipinski definition) is 2. The van der Waals surface area contributed by atoms with Crippen molar-refractivity contribution in [1.29, 1.82) is 0 Å². The molecule has 1 aromatic heterocycles. The first-order chi connectivity index (χ1) is 12.0. The maximum absolute atomic E-state index is 12.4. The molecule has 3 rings (SSSR count). The van der Waals surface area contributed by atoms with Crippen molar-refractivity contribution in [1.82, 2.24) is 10.6 Å². The Bertz CT molecular complexity index is 842. The fraction of sp³-hybridized carbons (Fsp3) is 0.222. The maximum atomic E-state index is 12.4. The van der Waals surface area contributed by atoms with Crippen LogP contribution in [-0.4, -0.2) is 17.7 Å². The van der Waals surface area contributed by atoms with Crippen molar-refractivity contribution in [3.8, 4) is 11.3 Å². The fourth-order valence-electron chi connectivity index (χ4n) is 2.66. The molecule has 0 saturated heterocycles. The van der Waals surface area contributed by atoms with Crippen molar-refractivity contribution in [2.75, 3.05) is 6.61 Å². The van der Waals surface area contributed by atoms with Gasteiger partial charge in [0.05, 0.1) is 12.2 Å². The standard InChI is InChI=1S/C18H17BrN2O3S/c1-3-23-17(22)15-10(2)20-18(25)21-16(15)14-9-8-13(24-14)11-4-6-12(19)7-5-11/h4-9,16H,3H2,1-2H3,(H2,20,21,25)/t16-/m0/s1. The Hall–Kier alpha value is -2.12. The van der Waals surface area contributed by atoms with Crippen LogP contribution in [-0.2, 0) is 9.53 Å². The third-order valence-corrected chi connectivity index (χ3v) is 4.55. The molecule has 1 aliphatic heterocycles. The summed E-state index contributed by atoms with van der Waals surface area (Å²) in [6.07, 6.45) is 0. The van der Waals surface area contributed by atoms with E-state index in [1.165, 1.54) is 0 Å². The Labute approximate surface area is 159 Å². The number of halogens is 1. The van der Waals surface area contributed by atoms with Crippen LogP contribution >= 0.6 is 28.1 Å². The predicted molar refractivity (Wildman–Crippen MR) is 103 cm³/mol. The molecule has 2 N–H and O–H groups in total. The number of benzene rings is 1. The molecule has 0 bridgehead atoms. The lowest BCUT2D eigenvalue weighted by Gasteiger charge is -2.28. The average molecular weight is 421 g/mol. The van der Waals surface area contributed by atoms with Crippen LogP contribution in [0.3, 0.4) is 0 Å². The van der Waals surface area contributed by atoms with Gasteiger partial charge in [-0.3, -0.25) is 0 Å². The van der Waals surface area contributed by atoms with Crippen LogP contribution in [0.5, 0.6) is 0 Å². The van der Waals surface area contributed by atoms with Crippen molar-refractivity contribution < 1.29 is 13.9 Å². The lowest BCUT2D eigenvalue weighted by Crippen LogP contribution is -2.45. The van der Waals surface area contributed by atoms with Gasteiger partial charge in [-0.05, 0) is 50.3 Å². The zero-order valence-electron chi connectivity index (χ0n) is 13.8. The first kappa shape index (κ1) is 17.7. The van der Waals surface area contributed by atoms with Gasteiger partial charge >= 0.3 is 5.97 Å². The van der Waals surface area contributed by atoms with Gasteiger partial charge in [-0.1, -0.05) is 28.1 Å². The summed E-state index contributed by atoms with van der Waals surface area (Å²) in [6.45, 7) is 3.87. The Morgan fingerprint density at radius 2 is 2.00 bits per heavy atom. The molecule has 0 aliphatic carbocycles. The number of carbonyl (C=O) groups excluding carboxylic acids is 1. The highest BCUT2D eigenvalue weighted by atomic mass is 79.9. The van der Waals surface area contributed by atoms with Gasteiger partial charge in [-0.15, -0.1) is 0 Å². The molecule has 1 aliphatic rings. The number of rotatable bonds is 4. The Kier molecular flexibility index (Phi) is 5.24. The largest absolute Gasteiger partial charge is 0.463 e. The molecule has 7 heteroatoms. The molecule has 1 aromatic carbocycles. The summed E-state index contributed by atoms with van der Waals surface area (Å²) in [5.41, 5.74) is 2.07. The van der Waals surface area contributed by atoms with E-state index < -0.39 is 12.0 Å². The predicted octanol–water partition coefficient (Wildman–Crippen LogP) is 4.07. The second-order valence-corrected chi connectivity index (χ2v) is 6.82. The van der Waals surface area contributed by atoms with E-state index in [9.17, 15) is 4.79 Å². The summed E-state index contributed by atoms with van der Waals surface area (Å²) in [6, 6.07) is 11.0. The van der Waals surface area contributed by atoms with Crippen molar-refractivity contribution >= 4 is 39.2 Å². The van der Waals surface area contributed by atoms with Crippen LogP contribution in [0.2, 0.25) is 0 Å². The molecule has 1 atom stereocenters. The van der Waals surface area contributed by atoms with Crippen LogP contribution < -0.4 is 10.6 Å². The quantitative estimate of drug-likeness (QED) is 0.574. The van der Waals surface area contributed by atoms with Gasteiger partial charge in [0.15, 0.2) is 5.11 Å². The van der Waals surface area contributed by atoms with Gasteiger partial charge in [0, 0.05) is 15.7 Å². The zero-order valence-corrected chi connectivity index (χ0v) is 16.2. The molecule has 0 amide bonds. The number of thiocarbonyl (C=S) groups is 1. The molecule has 2 aromatic rings. The summed E-state index contributed by atoms with van der Waals surface area (Å²) in [5, 5.41) is 6.49. The highest BCUT2D eigenvalue weighted by Crippen LogP contribution is 2.32. The van der Waals surface area contributed by atoms with Gasteiger partial charge in [0.1, 0.15) is 17.6 Å². The second-order valence-electron chi connectivity index (χ2n) is 5.50. The second kappa shape index (κ2) is 7.41. The number of carbonyl (C=O) groups is 1. The summed E-state index contributed by atoms with van der Waals surface area (Å²) in [7, 11) is 0. The van der Waals surface area contributed by atoms with E-state index in [4.69, 9.17) is 21.4 Å². The van der Waals surface area contributed by atoms with Crippen LogP contribution in [0.1, 0.15) is 25.6 Å². The summed E-state index contributed by atoms with van der Waals surface area (Å²) in [4.78, 5) is 12.4. The van der Waals surface area contributed by atoms with E-state index in [0.717, 1.165) is 15.8 Å². The lowest BCUT2D eigenvalue weighted by molar-refractivity contribution is -0.139. The third-order valence-electron chi connectivity index (χ3n) is 3.80. The van der Waals surface area contributed by atoms with Crippen LogP contribution in [0.25, 0.3) is 11.3 Å². The molecule has 0 saturated carbocycles. The molecule has 2 heterocycles. The molecule has 0 unspecified atom stereocenters. The van der Waals surface area contributed by atoms with E-state index in [2.05, 4.69) is 26.6 Å². The highest BCUT2D eigenvalue weighted by Gasteiger charge is 2.33. The number of hydrogen-bond acceptors (Lipinski definition) is 4. The Morgan fingerprint density at radius 1 is 1.28 bits per heavy atom. The Balaban J connectivity index is 1.96. The normalized spacial score (nSPS) is 17.1. The first-order valence-corrected chi connectivity index (χ1v) is 9.00.